The van der Waals surface area contributed by atoms with E-state index in [2.05, 4.69) is 18.8 Å². The largest absolute Gasteiger partial charge is 0.509 e. The van der Waals surface area contributed by atoms with Crippen LogP contribution in [0.4, 0.5) is 5.69 Å². The van der Waals surface area contributed by atoms with E-state index in [-0.39, 0.29) is 17.9 Å². The molecule has 0 bridgehead atoms. The topological polar surface area (TPSA) is 58.9 Å². The first-order valence-electron chi connectivity index (χ1n) is 8.20. The molecule has 1 atom stereocenters. The Bertz CT molecular complexity index is 783. The average Bonchev–Trinajstić information content (AvgIpc) is 2.84. The molecule has 0 amide bonds. The maximum Gasteiger partial charge on any atom is 0.344 e. The summed E-state index contributed by atoms with van der Waals surface area (Å²) < 4.78 is 4.59. The van der Waals surface area contributed by atoms with Crippen molar-refractivity contribution in [3.8, 4) is 0 Å². The van der Waals surface area contributed by atoms with Crippen molar-refractivity contribution >= 4 is 40.2 Å². The van der Waals surface area contributed by atoms with Crippen molar-refractivity contribution in [2.75, 3.05) is 12.4 Å². The first-order valence-corrected chi connectivity index (χ1v) is 10.00. The second kappa shape index (κ2) is 7.30. The minimum atomic E-state index is -0.584. The highest BCUT2D eigenvalue weighted by molar-refractivity contribution is 8.27. The Morgan fingerprint density at radius 3 is 2.64 bits per heavy atom. The lowest BCUT2D eigenvalue weighted by Crippen LogP contribution is -2.26. The molecule has 4 nitrogen and oxygen atoms in total. The number of thioether (sulfide) groups is 2. The fraction of sp³-hybridized carbons (Fsp3) is 0.368. The van der Waals surface area contributed by atoms with Gasteiger partial charge in [0.15, 0.2) is 0 Å². The highest BCUT2D eigenvalue weighted by atomic mass is 32.2. The highest BCUT2D eigenvalue weighted by Gasteiger charge is 2.50. The molecule has 0 saturated carbocycles. The fourth-order valence-electron chi connectivity index (χ4n) is 2.75. The van der Waals surface area contributed by atoms with E-state index < -0.39 is 10.0 Å². The third-order valence-corrected chi connectivity index (χ3v) is 7.43. The molecular formula is C19H21NO3S2. The van der Waals surface area contributed by atoms with Crippen LogP contribution in [0, 0.1) is 0 Å². The molecule has 1 unspecified atom stereocenters. The van der Waals surface area contributed by atoms with Crippen molar-refractivity contribution in [1.82, 2.24) is 0 Å². The quantitative estimate of drug-likeness (QED) is 0.594. The number of carbonyl (C=O) groups excluding carboxylic acids is 1. The summed E-state index contributed by atoms with van der Waals surface area (Å²) in [5.41, 5.74) is 3.54. The molecule has 132 valence electrons. The van der Waals surface area contributed by atoms with Crippen LogP contribution in [-0.4, -0.2) is 32.6 Å². The van der Waals surface area contributed by atoms with Crippen LogP contribution < -0.4 is 0 Å². The van der Waals surface area contributed by atoms with Crippen molar-refractivity contribution in [2.24, 2.45) is 4.99 Å². The Kier molecular flexibility index (Phi) is 5.29. The van der Waals surface area contributed by atoms with Gasteiger partial charge in [0.05, 0.1) is 12.3 Å². The second-order valence-electron chi connectivity index (χ2n) is 6.08. The molecule has 6 heteroatoms. The van der Waals surface area contributed by atoms with Crippen LogP contribution in [0.3, 0.4) is 0 Å². The van der Waals surface area contributed by atoms with E-state index in [1.165, 1.54) is 22.9 Å². The number of aliphatic hydroxyl groups is 1. The molecule has 2 heterocycles. The predicted octanol–water partition coefficient (Wildman–Crippen LogP) is 5.01. The number of rotatable bonds is 3. The summed E-state index contributed by atoms with van der Waals surface area (Å²) in [7, 11) is 0. The van der Waals surface area contributed by atoms with Crippen LogP contribution in [0.2, 0.25) is 0 Å². The molecule has 0 saturated heterocycles. The molecule has 2 aliphatic rings. The van der Waals surface area contributed by atoms with Crippen LogP contribution in [0.25, 0.3) is 0 Å². The third kappa shape index (κ3) is 3.51. The first kappa shape index (κ1) is 18.1. The summed E-state index contributed by atoms with van der Waals surface area (Å²) in [5, 5.41) is 11.5. The van der Waals surface area contributed by atoms with E-state index >= 15 is 0 Å². The van der Waals surface area contributed by atoms with E-state index in [0.29, 0.717) is 11.5 Å². The highest BCUT2D eigenvalue weighted by Crippen LogP contribution is 2.57. The number of hydrogen-bond donors (Lipinski definition) is 1. The van der Waals surface area contributed by atoms with Gasteiger partial charge in [0, 0.05) is 5.75 Å². The molecule has 3 rings (SSSR count). The standard InChI is InChI=1S/C19H21NO3S2/c1-4-23-18(22)15-16(21)19(10-12(2)13(3)11-24-19)25-17(15)20-14-8-6-5-7-9-14/h5-9,21H,4,10-11H2,1-3H3. The minimum absolute atomic E-state index is 0.0856. The molecule has 0 aliphatic carbocycles. The normalized spacial score (nSPS) is 25.2. The van der Waals surface area contributed by atoms with Gasteiger partial charge in [-0.15, -0.1) is 11.8 Å². The minimum Gasteiger partial charge on any atom is -0.509 e. The number of aliphatic imine (C=N–C) groups is 1. The van der Waals surface area contributed by atoms with Gasteiger partial charge < -0.3 is 9.84 Å². The van der Waals surface area contributed by atoms with Crippen molar-refractivity contribution < 1.29 is 14.6 Å². The number of carbonyl (C=O) groups is 1. The van der Waals surface area contributed by atoms with Gasteiger partial charge >= 0.3 is 5.97 Å². The number of esters is 1. The summed E-state index contributed by atoms with van der Waals surface area (Å²) in [6, 6.07) is 9.46. The Morgan fingerprint density at radius 1 is 1.28 bits per heavy atom. The molecule has 1 N–H and O–H groups in total. The summed E-state index contributed by atoms with van der Waals surface area (Å²) in [6.07, 6.45) is 0.691. The van der Waals surface area contributed by atoms with Crippen molar-refractivity contribution in [3.05, 3.63) is 52.8 Å². The number of allylic oxidation sites excluding steroid dienone is 1. The van der Waals surface area contributed by atoms with Gasteiger partial charge in [0.1, 0.15) is 20.5 Å². The Balaban J connectivity index is 2.05. The van der Waals surface area contributed by atoms with Crippen molar-refractivity contribution in [1.29, 1.82) is 0 Å². The van der Waals surface area contributed by atoms with E-state index in [1.807, 2.05) is 30.3 Å². The summed E-state index contributed by atoms with van der Waals surface area (Å²) in [4.78, 5) is 17.1. The van der Waals surface area contributed by atoms with Crippen molar-refractivity contribution in [3.63, 3.8) is 0 Å². The lowest BCUT2D eigenvalue weighted by atomic mass is 10.0. The molecule has 1 aromatic carbocycles. The van der Waals surface area contributed by atoms with Crippen LogP contribution in [-0.2, 0) is 9.53 Å². The zero-order valence-electron chi connectivity index (χ0n) is 14.5. The summed E-state index contributed by atoms with van der Waals surface area (Å²) in [6.45, 7) is 6.21. The van der Waals surface area contributed by atoms with Gasteiger partial charge in [0.25, 0.3) is 0 Å². The average molecular weight is 376 g/mol. The van der Waals surface area contributed by atoms with Gasteiger partial charge in [-0.05, 0) is 39.3 Å². The van der Waals surface area contributed by atoms with Crippen LogP contribution in [0.1, 0.15) is 27.2 Å². The zero-order chi connectivity index (χ0) is 18.0. The van der Waals surface area contributed by atoms with E-state index in [1.54, 1.807) is 18.7 Å². The third-order valence-electron chi connectivity index (χ3n) is 4.29. The molecule has 1 spiro atoms. The predicted molar refractivity (Wildman–Crippen MR) is 106 cm³/mol. The number of ether oxygens (including phenoxy) is 1. The Hall–Kier alpha value is -1.66. The monoisotopic (exact) mass is 375 g/mol. The SMILES string of the molecule is CCOC(=O)C1=C(O)C2(CC(C)=C(C)CS2)SC1=Nc1ccccc1. The second-order valence-corrected chi connectivity index (χ2v) is 8.90. The number of para-hydroxylation sites is 1. The van der Waals surface area contributed by atoms with Crippen LogP contribution in [0.15, 0.2) is 57.8 Å². The molecule has 0 fully saturated rings. The molecule has 25 heavy (non-hydrogen) atoms. The fourth-order valence-corrected chi connectivity index (χ4v) is 5.89. The number of aliphatic hydroxyl groups excluding tert-OH is 1. The van der Waals surface area contributed by atoms with Gasteiger partial charge in [-0.1, -0.05) is 41.1 Å². The first-order chi connectivity index (χ1) is 12.0. The van der Waals surface area contributed by atoms with E-state index in [9.17, 15) is 9.90 Å². The maximum absolute atomic E-state index is 12.5. The van der Waals surface area contributed by atoms with Crippen molar-refractivity contribution in [2.45, 2.75) is 31.3 Å². The molecular weight excluding hydrogens is 354 g/mol. The van der Waals surface area contributed by atoms with E-state index in [4.69, 9.17) is 4.74 Å². The lowest BCUT2D eigenvalue weighted by Gasteiger charge is -2.32. The number of nitrogens with zero attached hydrogens (tertiary/aromatic N) is 1. The van der Waals surface area contributed by atoms with Gasteiger partial charge in [-0.25, -0.2) is 9.79 Å². The molecule has 1 aromatic rings. The zero-order valence-corrected chi connectivity index (χ0v) is 16.2. The molecule has 0 aromatic heterocycles. The Labute approximate surface area is 156 Å². The van der Waals surface area contributed by atoms with Crippen LogP contribution >= 0.6 is 23.5 Å². The number of hydrogen-bond acceptors (Lipinski definition) is 6. The molecule has 2 aliphatic heterocycles. The maximum atomic E-state index is 12.5. The Morgan fingerprint density at radius 2 is 2.00 bits per heavy atom. The van der Waals surface area contributed by atoms with Gasteiger partial charge in [-0.2, -0.15) is 0 Å². The van der Waals surface area contributed by atoms with E-state index in [0.717, 1.165) is 11.4 Å². The van der Waals surface area contributed by atoms with Crippen LogP contribution in [0.5, 0.6) is 0 Å². The van der Waals surface area contributed by atoms with Gasteiger partial charge in [-0.3, -0.25) is 0 Å². The van der Waals surface area contributed by atoms with Gasteiger partial charge in [0.2, 0.25) is 0 Å². The molecule has 0 radical (unpaired) electrons. The number of benzene rings is 1. The smallest absolute Gasteiger partial charge is 0.344 e. The summed E-state index contributed by atoms with van der Waals surface area (Å²) in [5.74, 6) is 0.406. The summed E-state index contributed by atoms with van der Waals surface area (Å²) >= 11 is 3.11. The lowest BCUT2D eigenvalue weighted by molar-refractivity contribution is -0.138.